The van der Waals surface area contributed by atoms with Crippen molar-refractivity contribution < 1.29 is 0 Å². The fourth-order valence-corrected chi connectivity index (χ4v) is 2.74. The van der Waals surface area contributed by atoms with Crippen molar-refractivity contribution in [3.63, 3.8) is 0 Å². The number of aromatic nitrogens is 1. The number of hydrogen-bond acceptors (Lipinski definition) is 2. The van der Waals surface area contributed by atoms with Crippen LogP contribution in [0.5, 0.6) is 0 Å². The molecular formula is C15H21N3. The molecule has 18 heavy (non-hydrogen) atoms. The van der Waals surface area contributed by atoms with Gasteiger partial charge in [0.25, 0.3) is 0 Å². The van der Waals surface area contributed by atoms with E-state index in [1.54, 1.807) is 0 Å². The van der Waals surface area contributed by atoms with Crippen molar-refractivity contribution in [1.29, 1.82) is 0 Å². The van der Waals surface area contributed by atoms with E-state index >= 15 is 0 Å². The molecule has 0 atom stereocenters. The highest BCUT2D eigenvalue weighted by Gasteiger charge is 2.15. The van der Waals surface area contributed by atoms with Crippen LogP contribution in [0.25, 0.3) is 10.9 Å². The van der Waals surface area contributed by atoms with Crippen molar-refractivity contribution in [3.05, 3.63) is 35.5 Å². The Kier molecular flexibility index (Phi) is 3.10. The van der Waals surface area contributed by atoms with Crippen LogP contribution in [0.3, 0.4) is 0 Å². The lowest BCUT2D eigenvalue weighted by atomic mass is 10.1. The minimum Gasteiger partial charge on any atom is -0.361 e. The van der Waals surface area contributed by atoms with Gasteiger partial charge in [-0.3, -0.25) is 4.90 Å². The number of H-pyrrole nitrogens is 1. The van der Waals surface area contributed by atoms with Gasteiger partial charge in [0.05, 0.1) is 0 Å². The monoisotopic (exact) mass is 243 g/mol. The highest BCUT2D eigenvalue weighted by molar-refractivity contribution is 5.85. The van der Waals surface area contributed by atoms with Crippen LogP contribution < -0.4 is 0 Å². The van der Waals surface area contributed by atoms with Crippen LogP contribution in [-0.2, 0) is 6.54 Å². The molecule has 0 spiro atoms. The Morgan fingerprint density at radius 3 is 2.72 bits per heavy atom. The van der Waals surface area contributed by atoms with E-state index in [1.807, 2.05) is 0 Å². The first-order valence-electron chi connectivity index (χ1n) is 6.70. The van der Waals surface area contributed by atoms with E-state index in [4.69, 9.17) is 0 Å². The fourth-order valence-electron chi connectivity index (χ4n) is 2.74. The Balaban J connectivity index is 1.81. The van der Waals surface area contributed by atoms with Gasteiger partial charge in [-0.25, -0.2) is 0 Å². The largest absolute Gasteiger partial charge is 0.361 e. The summed E-state index contributed by atoms with van der Waals surface area (Å²) in [5, 5.41) is 1.38. The number of likely N-dealkylation sites (N-methyl/N-ethyl adjacent to an activating group) is 1. The van der Waals surface area contributed by atoms with E-state index in [2.05, 4.69) is 53.2 Å². The van der Waals surface area contributed by atoms with Crippen LogP contribution >= 0.6 is 0 Å². The molecule has 0 amide bonds. The average molecular weight is 243 g/mol. The molecule has 1 aliphatic heterocycles. The predicted molar refractivity (Wildman–Crippen MR) is 75.8 cm³/mol. The first kappa shape index (κ1) is 11.8. The molecule has 0 aliphatic carbocycles. The van der Waals surface area contributed by atoms with Gasteiger partial charge in [0.2, 0.25) is 0 Å². The molecule has 2 heterocycles. The van der Waals surface area contributed by atoms with Gasteiger partial charge in [-0.1, -0.05) is 18.2 Å². The minimum absolute atomic E-state index is 1.07. The van der Waals surface area contributed by atoms with Gasteiger partial charge in [-0.2, -0.15) is 0 Å². The second-order valence-electron chi connectivity index (χ2n) is 5.39. The quantitative estimate of drug-likeness (QED) is 0.874. The summed E-state index contributed by atoms with van der Waals surface area (Å²) in [7, 11) is 2.20. The zero-order valence-corrected chi connectivity index (χ0v) is 11.2. The topological polar surface area (TPSA) is 22.3 Å². The first-order valence-corrected chi connectivity index (χ1v) is 6.70. The normalized spacial score (nSPS) is 18.6. The van der Waals surface area contributed by atoms with E-state index in [9.17, 15) is 0 Å². The summed E-state index contributed by atoms with van der Waals surface area (Å²) in [5.74, 6) is 0. The Labute approximate surface area is 108 Å². The summed E-state index contributed by atoms with van der Waals surface area (Å²) in [6.45, 7) is 7.95. The zero-order chi connectivity index (χ0) is 12.5. The summed E-state index contributed by atoms with van der Waals surface area (Å²) in [6.07, 6.45) is 2.18. The first-order chi connectivity index (χ1) is 8.74. The second-order valence-corrected chi connectivity index (χ2v) is 5.39. The van der Waals surface area contributed by atoms with Gasteiger partial charge >= 0.3 is 0 Å². The van der Waals surface area contributed by atoms with Gasteiger partial charge in [-0.15, -0.1) is 0 Å². The van der Waals surface area contributed by atoms with Crippen LogP contribution in [0, 0.1) is 6.92 Å². The van der Waals surface area contributed by atoms with Crippen LogP contribution in [0.2, 0.25) is 0 Å². The molecule has 2 aromatic rings. The number of hydrogen-bond donors (Lipinski definition) is 1. The molecule has 1 aliphatic rings. The lowest BCUT2D eigenvalue weighted by molar-refractivity contribution is 0.148. The molecule has 96 valence electrons. The standard InChI is InChI=1S/C15H21N3/c1-12-4-3-5-14-13(10-16-15(12)14)11-18-8-6-17(2)7-9-18/h3-5,10,16H,6-9,11H2,1-2H3. The third-order valence-electron chi connectivity index (χ3n) is 4.00. The van der Waals surface area contributed by atoms with Crippen LogP contribution in [0.4, 0.5) is 0 Å². The molecule has 1 fully saturated rings. The van der Waals surface area contributed by atoms with Crippen molar-refractivity contribution >= 4 is 10.9 Å². The Morgan fingerprint density at radius 1 is 1.17 bits per heavy atom. The van der Waals surface area contributed by atoms with Gasteiger partial charge < -0.3 is 9.88 Å². The highest BCUT2D eigenvalue weighted by atomic mass is 15.2. The molecule has 3 heteroatoms. The summed E-state index contributed by atoms with van der Waals surface area (Å²) in [5.41, 5.74) is 4.05. The minimum atomic E-state index is 1.07. The summed E-state index contributed by atoms with van der Waals surface area (Å²) in [6, 6.07) is 6.54. The second kappa shape index (κ2) is 4.75. The van der Waals surface area contributed by atoms with Gasteiger partial charge in [0.1, 0.15) is 0 Å². The highest BCUT2D eigenvalue weighted by Crippen LogP contribution is 2.22. The summed E-state index contributed by atoms with van der Waals surface area (Å²) >= 11 is 0. The van der Waals surface area contributed by atoms with Crippen molar-refractivity contribution in [2.45, 2.75) is 13.5 Å². The Hall–Kier alpha value is -1.32. The van der Waals surface area contributed by atoms with Crippen LogP contribution in [0.1, 0.15) is 11.1 Å². The number of benzene rings is 1. The van der Waals surface area contributed by atoms with E-state index in [0.717, 1.165) is 6.54 Å². The molecule has 3 rings (SSSR count). The molecule has 1 saturated heterocycles. The number of fused-ring (bicyclic) bond motifs is 1. The SMILES string of the molecule is Cc1cccc2c(CN3CCN(C)CC3)c[nH]c12. The smallest absolute Gasteiger partial charge is 0.0487 e. The van der Waals surface area contributed by atoms with Crippen molar-refractivity contribution in [2.24, 2.45) is 0 Å². The van der Waals surface area contributed by atoms with E-state index in [1.165, 1.54) is 48.2 Å². The maximum Gasteiger partial charge on any atom is 0.0487 e. The molecular weight excluding hydrogens is 222 g/mol. The third kappa shape index (κ3) is 2.16. The molecule has 1 aromatic carbocycles. The number of nitrogens with zero attached hydrogens (tertiary/aromatic N) is 2. The lowest BCUT2D eigenvalue weighted by Gasteiger charge is -2.32. The number of nitrogens with one attached hydrogen (secondary N) is 1. The maximum atomic E-state index is 3.42. The molecule has 1 N–H and O–H groups in total. The van der Waals surface area contributed by atoms with E-state index in [0.29, 0.717) is 0 Å². The predicted octanol–water partition coefficient (Wildman–Crippen LogP) is 2.22. The van der Waals surface area contributed by atoms with Crippen LogP contribution in [0.15, 0.2) is 24.4 Å². The fraction of sp³-hybridized carbons (Fsp3) is 0.467. The zero-order valence-electron chi connectivity index (χ0n) is 11.2. The number of aromatic amines is 1. The molecule has 0 radical (unpaired) electrons. The molecule has 1 aromatic heterocycles. The van der Waals surface area contributed by atoms with Crippen molar-refractivity contribution in [3.8, 4) is 0 Å². The lowest BCUT2D eigenvalue weighted by Crippen LogP contribution is -2.43. The number of para-hydroxylation sites is 1. The molecule has 0 bridgehead atoms. The van der Waals surface area contributed by atoms with Gasteiger partial charge in [0.15, 0.2) is 0 Å². The van der Waals surface area contributed by atoms with Crippen molar-refractivity contribution in [1.82, 2.24) is 14.8 Å². The Morgan fingerprint density at radius 2 is 1.94 bits per heavy atom. The molecule has 0 saturated carbocycles. The molecule has 3 nitrogen and oxygen atoms in total. The van der Waals surface area contributed by atoms with Crippen LogP contribution in [-0.4, -0.2) is 48.0 Å². The van der Waals surface area contributed by atoms with Gasteiger partial charge in [-0.05, 0) is 25.1 Å². The summed E-state index contributed by atoms with van der Waals surface area (Å²) < 4.78 is 0. The van der Waals surface area contributed by atoms with E-state index < -0.39 is 0 Å². The number of rotatable bonds is 2. The van der Waals surface area contributed by atoms with Gasteiger partial charge in [0, 0.05) is 49.8 Å². The average Bonchev–Trinajstić information content (AvgIpc) is 2.77. The molecule has 0 unspecified atom stereocenters. The van der Waals surface area contributed by atoms with E-state index in [-0.39, 0.29) is 0 Å². The number of aryl methyl sites for hydroxylation is 1. The summed E-state index contributed by atoms with van der Waals surface area (Å²) in [4.78, 5) is 8.36. The third-order valence-corrected chi connectivity index (χ3v) is 4.00. The number of piperazine rings is 1. The Bertz CT molecular complexity index is 536. The van der Waals surface area contributed by atoms with Crippen molar-refractivity contribution in [2.75, 3.05) is 33.2 Å². The maximum absolute atomic E-state index is 3.42.